The Morgan fingerprint density at radius 3 is 2.83 bits per heavy atom. The van der Waals surface area contributed by atoms with Crippen molar-refractivity contribution >= 4 is 47.4 Å². The summed E-state index contributed by atoms with van der Waals surface area (Å²) in [5.41, 5.74) is 0.966. The van der Waals surface area contributed by atoms with Crippen molar-refractivity contribution in [2.24, 2.45) is 4.99 Å². The zero-order valence-electron chi connectivity index (χ0n) is 14.1. The van der Waals surface area contributed by atoms with Crippen LogP contribution in [-0.4, -0.2) is 51.4 Å². The number of methoxy groups -OCH3 is 1. The molecular weight excluding hydrogens is 425 g/mol. The highest BCUT2D eigenvalue weighted by Gasteiger charge is 2.01. The number of nitrogens with one attached hydrogen (secondary N) is 2. The summed E-state index contributed by atoms with van der Waals surface area (Å²) in [7, 11) is 1.70. The summed E-state index contributed by atoms with van der Waals surface area (Å²) < 4.78 is 10.7. The largest absolute Gasteiger partial charge is 0.493 e. The van der Waals surface area contributed by atoms with Crippen molar-refractivity contribution in [2.75, 3.05) is 50.7 Å². The van der Waals surface area contributed by atoms with Crippen LogP contribution in [0.2, 0.25) is 0 Å². The van der Waals surface area contributed by atoms with Gasteiger partial charge in [0, 0.05) is 44.2 Å². The summed E-state index contributed by atoms with van der Waals surface area (Å²) in [4.78, 5) is 4.53. The molecule has 0 aliphatic carbocycles. The third-order valence-corrected chi connectivity index (χ3v) is 3.36. The first-order valence-corrected chi connectivity index (χ1v) is 8.95. The summed E-state index contributed by atoms with van der Waals surface area (Å²) in [5, 5.41) is 6.55. The summed E-state index contributed by atoms with van der Waals surface area (Å²) >= 11 is 1.79. The number of rotatable bonds is 10. The van der Waals surface area contributed by atoms with Crippen molar-refractivity contribution in [3.05, 3.63) is 24.3 Å². The Kier molecular flexibility index (Phi) is 14.5. The van der Waals surface area contributed by atoms with Gasteiger partial charge in [-0.05, 0) is 25.3 Å². The maximum Gasteiger partial charge on any atom is 0.195 e. The van der Waals surface area contributed by atoms with Gasteiger partial charge in [0.25, 0.3) is 0 Å². The fourth-order valence-electron chi connectivity index (χ4n) is 1.75. The van der Waals surface area contributed by atoms with Crippen LogP contribution in [0.5, 0.6) is 5.75 Å². The highest BCUT2D eigenvalue weighted by Crippen LogP contribution is 2.17. The van der Waals surface area contributed by atoms with Crippen LogP contribution in [0.4, 0.5) is 5.69 Å². The minimum atomic E-state index is 0. The van der Waals surface area contributed by atoms with E-state index in [0.29, 0.717) is 13.2 Å². The molecule has 23 heavy (non-hydrogen) atoms. The zero-order chi connectivity index (χ0) is 16.0. The Balaban J connectivity index is 0.00000484. The third kappa shape index (κ3) is 10.7. The molecular formula is C16H28IN3O2S. The second-order valence-electron chi connectivity index (χ2n) is 4.60. The van der Waals surface area contributed by atoms with Crippen LogP contribution >= 0.6 is 35.7 Å². The van der Waals surface area contributed by atoms with Crippen LogP contribution < -0.4 is 15.4 Å². The van der Waals surface area contributed by atoms with E-state index in [1.54, 1.807) is 18.9 Å². The Morgan fingerprint density at radius 2 is 2.13 bits per heavy atom. The number of halogens is 1. The first-order valence-electron chi connectivity index (χ1n) is 7.56. The van der Waals surface area contributed by atoms with Crippen molar-refractivity contribution in [3.8, 4) is 5.75 Å². The fourth-order valence-corrected chi connectivity index (χ4v) is 2.02. The van der Waals surface area contributed by atoms with E-state index in [4.69, 9.17) is 9.47 Å². The van der Waals surface area contributed by atoms with Crippen LogP contribution in [0.1, 0.15) is 13.3 Å². The molecule has 0 aromatic heterocycles. The SMILES string of the molecule is CCNC(=NCCSC)Nc1cccc(OCCCOC)c1.I. The fraction of sp³-hybridized carbons (Fsp3) is 0.562. The molecule has 0 spiro atoms. The van der Waals surface area contributed by atoms with E-state index >= 15 is 0 Å². The van der Waals surface area contributed by atoms with Gasteiger partial charge in [0.1, 0.15) is 5.75 Å². The van der Waals surface area contributed by atoms with Crippen LogP contribution in [-0.2, 0) is 4.74 Å². The molecule has 0 heterocycles. The molecule has 7 heteroatoms. The molecule has 0 unspecified atom stereocenters. The molecule has 0 aliphatic heterocycles. The normalized spacial score (nSPS) is 10.8. The van der Waals surface area contributed by atoms with Crippen molar-refractivity contribution in [1.29, 1.82) is 0 Å². The lowest BCUT2D eigenvalue weighted by molar-refractivity contribution is 0.172. The van der Waals surface area contributed by atoms with Crippen molar-refractivity contribution in [1.82, 2.24) is 5.32 Å². The molecule has 0 fully saturated rings. The molecule has 2 N–H and O–H groups in total. The smallest absolute Gasteiger partial charge is 0.195 e. The van der Waals surface area contributed by atoms with E-state index in [-0.39, 0.29) is 24.0 Å². The van der Waals surface area contributed by atoms with Crippen molar-refractivity contribution < 1.29 is 9.47 Å². The molecule has 0 radical (unpaired) electrons. The number of benzene rings is 1. The lowest BCUT2D eigenvalue weighted by atomic mass is 10.3. The molecule has 0 saturated carbocycles. The Hall–Kier alpha value is -0.670. The van der Waals surface area contributed by atoms with E-state index in [2.05, 4.69) is 28.8 Å². The number of hydrogen-bond acceptors (Lipinski definition) is 4. The van der Waals surface area contributed by atoms with E-state index in [9.17, 15) is 0 Å². The predicted molar refractivity (Wildman–Crippen MR) is 112 cm³/mol. The number of thioether (sulfide) groups is 1. The van der Waals surface area contributed by atoms with Crippen LogP contribution in [0, 0.1) is 0 Å². The number of aliphatic imine (C=N–C) groups is 1. The molecule has 0 amide bonds. The Labute approximate surface area is 161 Å². The topological polar surface area (TPSA) is 54.9 Å². The van der Waals surface area contributed by atoms with Crippen molar-refractivity contribution in [3.63, 3.8) is 0 Å². The maximum atomic E-state index is 5.71. The summed E-state index contributed by atoms with van der Waals surface area (Å²) in [6.45, 7) is 5.05. The number of guanidine groups is 1. The van der Waals surface area contributed by atoms with Gasteiger partial charge in [0.15, 0.2) is 5.96 Å². The average molecular weight is 453 g/mol. The van der Waals surface area contributed by atoms with Gasteiger partial charge in [-0.1, -0.05) is 6.07 Å². The second kappa shape index (κ2) is 14.9. The molecule has 0 atom stereocenters. The first kappa shape index (κ1) is 22.3. The van der Waals surface area contributed by atoms with Gasteiger partial charge in [-0.2, -0.15) is 11.8 Å². The van der Waals surface area contributed by atoms with Gasteiger partial charge in [0.2, 0.25) is 0 Å². The van der Waals surface area contributed by atoms with E-state index in [1.165, 1.54) is 0 Å². The molecule has 0 bridgehead atoms. The van der Waals surface area contributed by atoms with Gasteiger partial charge >= 0.3 is 0 Å². The minimum Gasteiger partial charge on any atom is -0.493 e. The predicted octanol–water partition coefficient (Wildman–Crippen LogP) is 3.46. The second-order valence-corrected chi connectivity index (χ2v) is 5.59. The number of hydrogen-bond donors (Lipinski definition) is 2. The average Bonchev–Trinajstić information content (AvgIpc) is 2.52. The van der Waals surface area contributed by atoms with Gasteiger partial charge in [-0.15, -0.1) is 24.0 Å². The highest BCUT2D eigenvalue weighted by atomic mass is 127. The minimum absolute atomic E-state index is 0. The lowest BCUT2D eigenvalue weighted by Crippen LogP contribution is -2.30. The Bertz CT molecular complexity index is 447. The van der Waals surface area contributed by atoms with Crippen LogP contribution in [0.15, 0.2) is 29.3 Å². The van der Waals surface area contributed by atoms with Gasteiger partial charge in [-0.3, -0.25) is 4.99 Å². The van der Waals surface area contributed by atoms with Crippen LogP contribution in [0.3, 0.4) is 0 Å². The number of anilines is 1. The quantitative estimate of drug-likeness (QED) is 0.246. The van der Waals surface area contributed by atoms with Gasteiger partial charge < -0.3 is 20.1 Å². The molecule has 0 aliphatic rings. The first-order chi connectivity index (χ1) is 10.8. The molecule has 132 valence electrons. The number of nitrogens with zero attached hydrogens (tertiary/aromatic N) is 1. The van der Waals surface area contributed by atoms with E-state index in [1.807, 2.05) is 24.3 Å². The zero-order valence-corrected chi connectivity index (χ0v) is 17.3. The van der Waals surface area contributed by atoms with E-state index in [0.717, 1.165) is 42.7 Å². The van der Waals surface area contributed by atoms with Gasteiger partial charge in [-0.25, -0.2) is 0 Å². The molecule has 5 nitrogen and oxygen atoms in total. The molecule has 1 aromatic carbocycles. The third-order valence-electron chi connectivity index (χ3n) is 2.77. The summed E-state index contributed by atoms with van der Waals surface area (Å²) in [6.07, 6.45) is 2.97. The van der Waals surface area contributed by atoms with Crippen molar-refractivity contribution in [2.45, 2.75) is 13.3 Å². The standard InChI is InChI=1S/C16H27N3O2S.HI/c1-4-17-16(18-9-12-22-3)19-14-7-5-8-15(13-14)21-11-6-10-20-2;/h5,7-8,13H,4,6,9-12H2,1-3H3,(H2,17,18,19);1H. The molecule has 1 rings (SSSR count). The van der Waals surface area contributed by atoms with Crippen LogP contribution in [0.25, 0.3) is 0 Å². The lowest BCUT2D eigenvalue weighted by Gasteiger charge is -2.12. The van der Waals surface area contributed by atoms with Gasteiger partial charge in [0.05, 0.1) is 13.2 Å². The summed E-state index contributed by atoms with van der Waals surface area (Å²) in [5.74, 6) is 2.66. The molecule has 0 saturated heterocycles. The molecule has 1 aromatic rings. The number of ether oxygens (including phenoxy) is 2. The van der Waals surface area contributed by atoms with E-state index < -0.39 is 0 Å². The highest BCUT2D eigenvalue weighted by molar-refractivity contribution is 14.0. The Morgan fingerprint density at radius 1 is 1.30 bits per heavy atom. The maximum absolute atomic E-state index is 5.71. The monoisotopic (exact) mass is 453 g/mol. The summed E-state index contributed by atoms with van der Waals surface area (Å²) in [6, 6.07) is 7.91.